The van der Waals surface area contributed by atoms with E-state index < -0.39 is 0 Å². The van der Waals surface area contributed by atoms with Crippen molar-refractivity contribution in [1.82, 2.24) is 4.98 Å². The third-order valence-electron chi connectivity index (χ3n) is 4.67. The van der Waals surface area contributed by atoms with Gasteiger partial charge in [-0.1, -0.05) is 13.0 Å². The van der Waals surface area contributed by atoms with Crippen molar-refractivity contribution in [3.05, 3.63) is 36.0 Å². The fraction of sp³-hybridized carbons (Fsp3) is 0.421. The summed E-state index contributed by atoms with van der Waals surface area (Å²) in [5, 5.41) is 3.55. The summed E-state index contributed by atoms with van der Waals surface area (Å²) in [5.41, 5.74) is 10.4. The molecule has 1 atom stereocenters. The van der Waals surface area contributed by atoms with Crippen molar-refractivity contribution in [2.24, 2.45) is 5.92 Å². The Balaban J connectivity index is 1.93. The number of aromatic nitrogens is 1. The summed E-state index contributed by atoms with van der Waals surface area (Å²) in [4.78, 5) is 4.46. The van der Waals surface area contributed by atoms with Gasteiger partial charge in [-0.25, -0.2) is 4.98 Å². The van der Waals surface area contributed by atoms with E-state index in [1.54, 1.807) is 7.11 Å². The number of anilines is 2. The fourth-order valence-corrected chi connectivity index (χ4v) is 3.12. The van der Waals surface area contributed by atoms with Gasteiger partial charge in [-0.05, 0) is 61.4 Å². The van der Waals surface area contributed by atoms with Crippen molar-refractivity contribution in [3.63, 3.8) is 0 Å². The van der Waals surface area contributed by atoms with E-state index in [4.69, 9.17) is 10.5 Å². The van der Waals surface area contributed by atoms with Crippen LogP contribution < -0.4 is 15.8 Å². The Morgan fingerprint density at radius 1 is 1.30 bits per heavy atom. The minimum absolute atomic E-state index is 0.469. The lowest BCUT2D eigenvalue weighted by Crippen LogP contribution is -2.22. The molecule has 23 heavy (non-hydrogen) atoms. The molecular formula is C19H25N3O. The molecule has 4 nitrogen and oxygen atoms in total. The molecule has 0 bridgehead atoms. The zero-order valence-electron chi connectivity index (χ0n) is 14.1. The summed E-state index contributed by atoms with van der Waals surface area (Å²) in [5.74, 6) is 2.43. The molecule has 1 aromatic carbocycles. The normalized spacial score (nSPS) is 15.3. The summed E-state index contributed by atoms with van der Waals surface area (Å²) in [7, 11) is 1.68. The molecule has 1 heterocycles. The summed E-state index contributed by atoms with van der Waals surface area (Å²) in [6, 6.07) is 8.50. The Labute approximate surface area is 138 Å². The Bertz CT molecular complexity index is 695. The smallest absolute Gasteiger partial charge is 0.150 e. The number of ether oxygens (including phenoxy) is 1. The van der Waals surface area contributed by atoms with Crippen molar-refractivity contribution < 1.29 is 4.74 Å². The van der Waals surface area contributed by atoms with E-state index in [0.717, 1.165) is 46.3 Å². The minimum atomic E-state index is 0.469. The van der Waals surface area contributed by atoms with Crippen LogP contribution in [0.5, 0.6) is 5.75 Å². The van der Waals surface area contributed by atoms with Crippen molar-refractivity contribution in [1.29, 1.82) is 0 Å². The fourth-order valence-electron chi connectivity index (χ4n) is 3.12. The molecule has 1 aliphatic rings. The number of benzene rings is 1. The number of nitrogen functional groups attached to an aromatic ring is 1. The van der Waals surface area contributed by atoms with Crippen molar-refractivity contribution in [2.45, 2.75) is 39.2 Å². The second kappa shape index (κ2) is 6.49. The maximum Gasteiger partial charge on any atom is 0.150 e. The van der Waals surface area contributed by atoms with Gasteiger partial charge in [0, 0.05) is 17.8 Å². The molecule has 3 rings (SSSR count). The molecule has 4 heteroatoms. The van der Waals surface area contributed by atoms with Crippen LogP contribution in [0.25, 0.3) is 11.1 Å². The zero-order chi connectivity index (χ0) is 16.4. The van der Waals surface area contributed by atoms with Gasteiger partial charge in [-0.2, -0.15) is 0 Å². The first-order chi connectivity index (χ1) is 11.1. The van der Waals surface area contributed by atoms with Gasteiger partial charge in [-0.15, -0.1) is 0 Å². The third kappa shape index (κ3) is 3.26. The molecule has 1 aromatic heterocycles. The summed E-state index contributed by atoms with van der Waals surface area (Å²) >= 11 is 0. The molecule has 0 amide bonds. The Hall–Kier alpha value is -2.23. The van der Waals surface area contributed by atoms with E-state index in [2.05, 4.69) is 30.2 Å². The van der Waals surface area contributed by atoms with Gasteiger partial charge in [0.25, 0.3) is 0 Å². The molecular weight excluding hydrogens is 286 g/mol. The van der Waals surface area contributed by atoms with Crippen LogP contribution in [0.4, 0.5) is 11.5 Å². The highest BCUT2D eigenvalue weighted by atomic mass is 16.5. The van der Waals surface area contributed by atoms with Crippen molar-refractivity contribution in [2.75, 3.05) is 18.2 Å². The molecule has 122 valence electrons. The van der Waals surface area contributed by atoms with E-state index in [0.29, 0.717) is 6.04 Å². The first-order valence-electron chi connectivity index (χ1n) is 8.30. The molecule has 0 spiro atoms. The number of rotatable bonds is 6. The van der Waals surface area contributed by atoms with Gasteiger partial charge in [0.2, 0.25) is 0 Å². The lowest BCUT2D eigenvalue weighted by atomic mass is 9.99. The number of nitrogens with one attached hydrogen (secondary N) is 1. The van der Waals surface area contributed by atoms with Gasteiger partial charge >= 0.3 is 0 Å². The molecule has 0 saturated heterocycles. The standard InChI is InChI=1S/C19H25N3O/c1-4-17(13-5-6-13)22-19-18(20)16(9-10-21-19)15-8-7-14(23-3)11-12(15)2/h7-11,13,17H,4-6,20H2,1-3H3,(H,21,22). The predicted molar refractivity (Wildman–Crippen MR) is 95.8 cm³/mol. The average Bonchev–Trinajstić information content (AvgIpc) is 3.39. The number of hydrogen-bond donors (Lipinski definition) is 2. The van der Waals surface area contributed by atoms with Crippen LogP contribution in [-0.2, 0) is 0 Å². The van der Waals surface area contributed by atoms with Gasteiger partial charge in [0.1, 0.15) is 11.6 Å². The number of nitrogens with zero attached hydrogens (tertiary/aromatic N) is 1. The molecule has 1 unspecified atom stereocenters. The molecule has 0 radical (unpaired) electrons. The molecule has 1 fully saturated rings. The summed E-state index contributed by atoms with van der Waals surface area (Å²) in [6.45, 7) is 4.29. The van der Waals surface area contributed by atoms with Crippen molar-refractivity contribution in [3.8, 4) is 16.9 Å². The quantitative estimate of drug-likeness (QED) is 0.837. The van der Waals surface area contributed by atoms with Crippen LogP contribution in [0, 0.1) is 12.8 Å². The summed E-state index contributed by atoms with van der Waals surface area (Å²) < 4.78 is 5.28. The largest absolute Gasteiger partial charge is 0.497 e. The minimum Gasteiger partial charge on any atom is -0.497 e. The maximum absolute atomic E-state index is 6.42. The van der Waals surface area contributed by atoms with Gasteiger partial charge in [-0.3, -0.25) is 0 Å². The summed E-state index contributed by atoms with van der Waals surface area (Å²) in [6.07, 6.45) is 5.54. The second-order valence-electron chi connectivity index (χ2n) is 6.30. The van der Waals surface area contributed by atoms with Crippen LogP contribution >= 0.6 is 0 Å². The topological polar surface area (TPSA) is 60.2 Å². The molecule has 1 aliphatic carbocycles. The lowest BCUT2D eigenvalue weighted by Gasteiger charge is -2.20. The van der Waals surface area contributed by atoms with Gasteiger partial charge in [0.15, 0.2) is 0 Å². The van der Waals surface area contributed by atoms with Crippen LogP contribution in [0.3, 0.4) is 0 Å². The van der Waals surface area contributed by atoms with E-state index in [-0.39, 0.29) is 0 Å². The van der Waals surface area contributed by atoms with E-state index in [9.17, 15) is 0 Å². The Kier molecular flexibility index (Phi) is 4.42. The number of aryl methyl sites for hydroxylation is 1. The molecule has 3 N–H and O–H groups in total. The number of hydrogen-bond acceptors (Lipinski definition) is 4. The highest BCUT2D eigenvalue weighted by molar-refractivity contribution is 5.85. The molecule has 0 aliphatic heterocycles. The average molecular weight is 311 g/mol. The van der Waals surface area contributed by atoms with E-state index in [1.165, 1.54) is 12.8 Å². The highest BCUT2D eigenvalue weighted by Crippen LogP contribution is 2.38. The third-order valence-corrected chi connectivity index (χ3v) is 4.67. The first-order valence-corrected chi connectivity index (χ1v) is 8.30. The molecule has 2 aromatic rings. The monoisotopic (exact) mass is 311 g/mol. The van der Waals surface area contributed by atoms with Gasteiger partial charge in [0.05, 0.1) is 12.8 Å². The lowest BCUT2D eigenvalue weighted by molar-refractivity contribution is 0.414. The Morgan fingerprint density at radius 2 is 2.09 bits per heavy atom. The van der Waals surface area contributed by atoms with Gasteiger partial charge < -0.3 is 15.8 Å². The predicted octanol–water partition coefficient (Wildman–Crippen LogP) is 4.25. The van der Waals surface area contributed by atoms with E-state index in [1.807, 2.05) is 24.4 Å². The van der Waals surface area contributed by atoms with Crippen molar-refractivity contribution >= 4 is 11.5 Å². The second-order valence-corrected chi connectivity index (χ2v) is 6.30. The highest BCUT2D eigenvalue weighted by Gasteiger charge is 2.30. The van der Waals surface area contributed by atoms with Crippen LogP contribution in [-0.4, -0.2) is 18.1 Å². The first kappa shape index (κ1) is 15.7. The maximum atomic E-state index is 6.42. The number of methoxy groups -OCH3 is 1. The zero-order valence-corrected chi connectivity index (χ0v) is 14.1. The van der Waals surface area contributed by atoms with Crippen LogP contribution in [0.1, 0.15) is 31.7 Å². The number of nitrogens with two attached hydrogens (primary N) is 1. The SMILES string of the molecule is CCC(Nc1nccc(-c2ccc(OC)cc2C)c1N)C1CC1. The number of pyridine rings is 1. The van der Waals surface area contributed by atoms with Crippen LogP contribution in [0.15, 0.2) is 30.5 Å². The Morgan fingerprint density at radius 3 is 2.70 bits per heavy atom. The van der Waals surface area contributed by atoms with E-state index >= 15 is 0 Å². The van der Waals surface area contributed by atoms with Crippen LogP contribution in [0.2, 0.25) is 0 Å². The molecule has 1 saturated carbocycles.